The summed E-state index contributed by atoms with van der Waals surface area (Å²) >= 11 is 1.72. The fourth-order valence-electron chi connectivity index (χ4n) is 4.00. The molecule has 0 aliphatic carbocycles. The molecular weight excluding hydrogens is 322 g/mol. The Bertz CT molecular complexity index is 738. The van der Waals surface area contributed by atoms with E-state index in [-0.39, 0.29) is 12.0 Å². The zero-order chi connectivity index (χ0) is 16.7. The smallest absolute Gasteiger partial charge is 0.270 e. The largest absolute Gasteiger partial charge is 0.377 e. The summed E-state index contributed by atoms with van der Waals surface area (Å²) in [4.78, 5) is 19.3. The van der Waals surface area contributed by atoms with Crippen molar-refractivity contribution < 1.29 is 9.53 Å². The second-order valence-electron chi connectivity index (χ2n) is 6.93. The number of hydrogen-bond acceptors (Lipinski definition) is 4. The molecular formula is C18H23N3O2S. The van der Waals surface area contributed by atoms with Crippen molar-refractivity contribution >= 4 is 17.2 Å². The number of fused-ring (bicyclic) bond motifs is 1. The predicted octanol–water partition coefficient (Wildman–Crippen LogP) is 2.51. The summed E-state index contributed by atoms with van der Waals surface area (Å²) in [5, 5.41) is 3.27. The minimum Gasteiger partial charge on any atom is -0.377 e. The normalized spacial score (nSPS) is 26.6. The van der Waals surface area contributed by atoms with Crippen LogP contribution in [0.3, 0.4) is 0 Å². The number of aromatic nitrogens is 2. The van der Waals surface area contributed by atoms with E-state index in [0.29, 0.717) is 11.8 Å². The lowest BCUT2D eigenvalue weighted by molar-refractivity contribution is 0.0603. The van der Waals surface area contributed by atoms with Gasteiger partial charge in [0.05, 0.1) is 17.7 Å². The maximum atomic E-state index is 12.7. The van der Waals surface area contributed by atoms with Gasteiger partial charge in [-0.05, 0) is 31.4 Å². The van der Waals surface area contributed by atoms with Crippen LogP contribution < -0.4 is 0 Å². The number of nitrogens with zero attached hydrogens (tertiary/aromatic N) is 3. The number of aryl methyl sites for hydroxylation is 2. The fourth-order valence-corrected chi connectivity index (χ4v) is 4.81. The van der Waals surface area contributed by atoms with Crippen LogP contribution in [0.15, 0.2) is 23.7 Å². The molecule has 2 saturated heterocycles. The van der Waals surface area contributed by atoms with Crippen LogP contribution in [0.2, 0.25) is 0 Å². The van der Waals surface area contributed by atoms with E-state index in [1.807, 2.05) is 41.8 Å². The SMILES string of the molecule is Cc1csc(C[C@H]2OC[C@H]3CN(C(=O)c4cccn4C)CC[C@H]32)n1. The molecule has 4 heterocycles. The average molecular weight is 345 g/mol. The molecule has 0 aromatic carbocycles. The van der Waals surface area contributed by atoms with Crippen molar-refractivity contribution in [1.82, 2.24) is 14.5 Å². The van der Waals surface area contributed by atoms with Gasteiger partial charge in [-0.3, -0.25) is 4.79 Å². The zero-order valence-electron chi connectivity index (χ0n) is 14.1. The number of carbonyl (C=O) groups is 1. The van der Waals surface area contributed by atoms with Crippen molar-refractivity contribution in [1.29, 1.82) is 0 Å². The predicted molar refractivity (Wildman–Crippen MR) is 93.2 cm³/mol. The third-order valence-corrected chi connectivity index (χ3v) is 6.28. The molecule has 2 aromatic rings. The van der Waals surface area contributed by atoms with Gasteiger partial charge in [0.25, 0.3) is 5.91 Å². The average Bonchev–Trinajstić information content (AvgIpc) is 3.28. The third kappa shape index (κ3) is 2.89. The molecule has 3 atom stereocenters. The highest BCUT2D eigenvalue weighted by Gasteiger charge is 2.42. The number of likely N-dealkylation sites (tertiary alicyclic amines) is 1. The van der Waals surface area contributed by atoms with Gasteiger partial charge in [0.2, 0.25) is 0 Å². The van der Waals surface area contributed by atoms with E-state index in [0.717, 1.165) is 43.9 Å². The van der Waals surface area contributed by atoms with Crippen LogP contribution in [0.4, 0.5) is 0 Å². The van der Waals surface area contributed by atoms with Crippen LogP contribution in [0.25, 0.3) is 0 Å². The highest BCUT2D eigenvalue weighted by Crippen LogP contribution is 2.36. The van der Waals surface area contributed by atoms with E-state index >= 15 is 0 Å². The Morgan fingerprint density at radius 1 is 1.50 bits per heavy atom. The lowest BCUT2D eigenvalue weighted by Crippen LogP contribution is -2.45. The first kappa shape index (κ1) is 15.8. The molecule has 0 radical (unpaired) electrons. The van der Waals surface area contributed by atoms with Gasteiger partial charge >= 0.3 is 0 Å². The van der Waals surface area contributed by atoms with E-state index < -0.39 is 0 Å². The quantitative estimate of drug-likeness (QED) is 0.859. The molecule has 128 valence electrons. The zero-order valence-corrected chi connectivity index (χ0v) is 15.0. The van der Waals surface area contributed by atoms with Crippen LogP contribution >= 0.6 is 11.3 Å². The van der Waals surface area contributed by atoms with Crippen molar-refractivity contribution in [2.75, 3.05) is 19.7 Å². The highest BCUT2D eigenvalue weighted by atomic mass is 32.1. The van der Waals surface area contributed by atoms with Crippen LogP contribution in [-0.2, 0) is 18.2 Å². The van der Waals surface area contributed by atoms with Crippen molar-refractivity contribution in [2.24, 2.45) is 18.9 Å². The molecule has 5 nitrogen and oxygen atoms in total. The molecule has 2 aromatic heterocycles. The van der Waals surface area contributed by atoms with E-state index in [1.165, 1.54) is 5.01 Å². The molecule has 0 spiro atoms. The monoisotopic (exact) mass is 345 g/mol. The number of rotatable bonds is 3. The molecule has 4 rings (SSSR count). The maximum Gasteiger partial charge on any atom is 0.270 e. The summed E-state index contributed by atoms with van der Waals surface area (Å²) < 4.78 is 7.98. The summed E-state index contributed by atoms with van der Waals surface area (Å²) in [6, 6.07) is 3.82. The Hall–Kier alpha value is -1.66. The van der Waals surface area contributed by atoms with Crippen LogP contribution in [0.1, 0.15) is 27.6 Å². The molecule has 0 bridgehead atoms. The van der Waals surface area contributed by atoms with Crippen molar-refractivity contribution in [2.45, 2.75) is 25.9 Å². The second-order valence-corrected chi connectivity index (χ2v) is 7.87. The van der Waals surface area contributed by atoms with Gasteiger partial charge in [0.15, 0.2) is 0 Å². The van der Waals surface area contributed by atoms with Gasteiger partial charge in [0.1, 0.15) is 5.69 Å². The Balaban J connectivity index is 1.40. The van der Waals surface area contributed by atoms with Crippen molar-refractivity contribution in [3.8, 4) is 0 Å². The Kier molecular flexibility index (Phi) is 4.18. The first-order valence-corrected chi connectivity index (χ1v) is 9.43. The molecule has 2 fully saturated rings. The molecule has 1 amide bonds. The van der Waals surface area contributed by atoms with Crippen LogP contribution in [0, 0.1) is 18.8 Å². The standard InChI is InChI=1S/C18H23N3O2S/c1-12-11-24-17(19-12)8-16-14-5-7-21(9-13(14)10-23-16)18(22)15-4-3-6-20(15)2/h3-4,6,11,13-14,16H,5,7-10H2,1-2H3/t13-,14-,16-/m1/s1. The number of amides is 1. The topological polar surface area (TPSA) is 47.4 Å². The second kappa shape index (κ2) is 6.33. The summed E-state index contributed by atoms with van der Waals surface area (Å²) in [6.07, 6.45) is 4.11. The molecule has 0 N–H and O–H groups in total. The first-order valence-electron chi connectivity index (χ1n) is 8.55. The molecule has 24 heavy (non-hydrogen) atoms. The van der Waals surface area contributed by atoms with Gasteiger partial charge in [-0.15, -0.1) is 11.3 Å². The van der Waals surface area contributed by atoms with E-state index in [9.17, 15) is 4.79 Å². The number of thiazole rings is 1. The Morgan fingerprint density at radius 3 is 3.08 bits per heavy atom. The fraction of sp³-hybridized carbons (Fsp3) is 0.556. The Morgan fingerprint density at radius 2 is 2.38 bits per heavy atom. The Labute approximate surface area is 146 Å². The van der Waals surface area contributed by atoms with E-state index in [1.54, 1.807) is 11.3 Å². The molecule has 2 aliphatic rings. The lowest BCUT2D eigenvalue weighted by Gasteiger charge is -2.35. The summed E-state index contributed by atoms with van der Waals surface area (Å²) in [5.74, 6) is 1.14. The number of piperidine rings is 1. The van der Waals surface area contributed by atoms with Crippen molar-refractivity contribution in [3.05, 3.63) is 40.1 Å². The maximum absolute atomic E-state index is 12.7. The minimum absolute atomic E-state index is 0.139. The van der Waals surface area contributed by atoms with Gasteiger partial charge in [-0.2, -0.15) is 0 Å². The van der Waals surface area contributed by atoms with Gasteiger partial charge < -0.3 is 14.2 Å². The summed E-state index contributed by atoms with van der Waals surface area (Å²) in [6.45, 7) is 4.42. The summed E-state index contributed by atoms with van der Waals surface area (Å²) in [5.41, 5.74) is 1.86. The highest BCUT2D eigenvalue weighted by molar-refractivity contribution is 7.09. The third-order valence-electron chi connectivity index (χ3n) is 5.29. The molecule has 6 heteroatoms. The van der Waals surface area contributed by atoms with Gasteiger partial charge in [-0.1, -0.05) is 0 Å². The number of carbonyl (C=O) groups excluding carboxylic acids is 1. The molecule has 2 aliphatic heterocycles. The number of ether oxygens (including phenoxy) is 1. The molecule has 0 unspecified atom stereocenters. The minimum atomic E-state index is 0.139. The lowest BCUT2D eigenvalue weighted by atomic mass is 9.83. The van der Waals surface area contributed by atoms with E-state index in [4.69, 9.17) is 4.74 Å². The van der Waals surface area contributed by atoms with Gasteiger partial charge in [0, 0.05) is 49.7 Å². The van der Waals surface area contributed by atoms with E-state index in [2.05, 4.69) is 10.4 Å². The van der Waals surface area contributed by atoms with Crippen molar-refractivity contribution in [3.63, 3.8) is 0 Å². The van der Waals surface area contributed by atoms with Gasteiger partial charge in [-0.25, -0.2) is 4.98 Å². The summed E-state index contributed by atoms with van der Waals surface area (Å²) in [7, 11) is 1.92. The van der Waals surface area contributed by atoms with Crippen LogP contribution in [0.5, 0.6) is 0 Å². The first-order chi connectivity index (χ1) is 11.6. The van der Waals surface area contributed by atoms with Crippen LogP contribution in [-0.4, -0.2) is 46.2 Å². The number of hydrogen-bond donors (Lipinski definition) is 0. The molecule has 0 saturated carbocycles.